The quantitative estimate of drug-likeness (QED) is 0.905. The fourth-order valence-electron chi connectivity index (χ4n) is 1.88. The van der Waals surface area contributed by atoms with Gasteiger partial charge in [0.15, 0.2) is 11.6 Å². The lowest BCUT2D eigenvalue weighted by Crippen LogP contribution is -1.99. The van der Waals surface area contributed by atoms with Gasteiger partial charge < -0.3 is 10.8 Å². The molecule has 1 aromatic carbocycles. The molecule has 19 heavy (non-hydrogen) atoms. The largest absolute Gasteiger partial charge is 0.477 e. The van der Waals surface area contributed by atoms with E-state index in [1.54, 1.807) is 6.92 Å². The van der Waals surface area contributed by atoms with Gasteiger partial charge in [-0.05, 0) is 18.1 Å². The van der Waals surface area contributed by atoms with E-state index < -0.39 is 17.6 Å². The standard InChI is InChI=1S/C13H11F2NO2S/c1-2-6-10(16)12(13(17)18)19-11(6)7-4-3-5-8(14)9(7)15/h3-5H,2,16H2,1H3,(H,17,18). The third-order valence-electron chi connectivity index (χ3n) is 2.79. The van der Waals surface area contributed by atoms with Gasteiger partial charge in [-0.15, -0.1) is 11.3 Å². The normalized spacial score (nSPS) is 10.7. The first-order chi connectivity index (χ1) is 8.97. The van der Waals surface area contributed by atoms with Crippen LogP contribution in [0.4, 0.5) is 14.5 Å². The highest BCUT2D eigenvalue weighted by atomic mass is 32.1. The lowest BCUT2D eigenvalue weighted by atomic mass is 10.1. The van der Waals surface area contributed by atoms with Crippen LogP contribution in [-0.2, 0) is 6.42 Å². The van der Waals surface area contributed by atoms with Gasteiger partial charge in [0.1, 0.15) is 4.88 Å². The summed E-state index contributed by atoms with van der Waals surface area (Å²) >= 11 is 0.864. The van der Waals surface area contributed by atoms with Crippen LogP contribution in [-0.4, -0.2) is 11.1 Å². The Bertz CT molecular complexity index is 652. The summed E-state index contributed by atoms with van der Waals surface area (Å²) in [4.78, 5) is 11.4. The summed E-state index contributed by atoms with van der Waals surface area (Å²) < 4.78 is 27.0. The smallest absolute Gasteiger partial charge is 0.348 e. The molecule has 0 unspecified atom stereocenters. The Kier molecular flexibility index (Phi) is 3.53. The molecular weight excluding hydrogens is 272 g/mol. The Morgan fingerprint density at radius 3 is 2.68 bits per heavy atom. The van der Waals surface area contributed by atoms with Gasteiger partial charge in [0.25, 0.3) is 0 Å². The number of carboxylic acid groups (broad SMARTS) is 1. The average molecular weight is 283 g/mol. The summed E-state index contributed by atoms with van der Waals surface area (Å²) in [7, 11) is 0. The van der Waals surface area contributed by atoms with E-state index in [-0.39, 0.29) is 16.1 Å². The number of anilines is 1. The Morgan fingerprint density at radius 1 is 1.42 bits per heavy atom. The molecule has 0 radical (unpaired) electrons. The molecule has 0 fully saturated rings. The van der Waals surface area contributed by atoms with Crippen LogP contribution in [0.5, 0.6) is 0 Å². The highest BCUT2D eigenvalue weighted by Crippen LogP contribution is 2.40. The molecule has 0 amide bonds. The average Bonchev–Trinajstić information content (AvgIpc) is 2.69. The Labute approximate surface area is 112 Å². The number of carboxylic acids is 1. The molecule has 3 nitrogen and oxygen atoms in total. The van der Waals surface area contributed by atoms with Crippen molar-refractivity contribution in [3.05, 3.63) is 40.3 Å². The van der Waals surface area contributed by atoms with Crippen LogP contribution in [0, 0.1) is 11.6 Å². The van der Waals surface area contributed by atoms with Crippen LogP contribution >= 0.6 is 11.3 Å². The van der Waals surface area contributed by atoms with Gasteiger partial charge in [0.2, 0.25) is 0 Å². The minimum atomic E-state index is -1.17. The van der Waals surface area contributed by atoms with E-state index in [0.29, 0.717) is 16.9 Å². The lowest BCUT2D eigenvalue weighted by molar-refractivity contribution is 0.0703. The molecule has 2 rings (SSSR count). The monoisotopic (exact) mass is 283 g/mol. The predicted octanol–water partition coefficient (Wildman–Crippen LogP) is 3.54. The highest BCUT2D eigenvalue weighted by molar-refractivity contribution is 7.18. The lowest BCUT2D eigenvalue weighted by Gasteiger charge is -2.04. The molecule has 0 spiro atoms. The second-order valence-corrected chi connectivity index (χ2v) is 4.93. The number of aromatic carboxylic acids is 1. The molecule has 0 aliphatic rings. The number of nitrogens with two attached hydrogens (primary N) is 1. The maximum atomic E-state index is 13.8. The van der Waals surface area contributed by atoms with Crippen molar-refractivity contribution in [1.82, 2.24) is 0 Å². The van der Waals surface area contributed by atoms with E-state index in [1.165, 1.54) is 12.1 Å². The summed E-state index contributed by atoms with van der Waals surface area (Å²) in [5.41, 5.74) is 6.46. The third kappa shape index (κ3) is 2.19. The summed E-state index contributed by atoms with van der Waals surface area (Å²) in [6.07, 6.45) is 0.445. The summed E-state index contributed by atoms with van der Waals surface area (Å²) in [6.45, 7) is 1.78. The molecule has 0 saturated carbocycles. The Hall–Kier alpha value is -1.95. The van der Waals surface area contributed by atoms with Crippen molar-refractivity contribution in [2.45, 2.75) is 13.3 Å². The van der Waals surface area contributed by atoms with Crippen molar-refractivity contribution < 1.29 is 18.7 Å². The zero-order valence-electron chi connectivity index (χ0n) is 10.0. The molecule has 0 aliphatic carbocycles. The molecular formula is C13H11F2NO2S. The Morgan fingerprint density at radius 2 is 2.11 bits per heavy atom. The molecule has 0 aliphatic heterocycles. The molecule has 1 aromatic heterocycles. The summed E-state index contributed by atoms with van der Waals surface area (Å²) in [5, 5.41) is 9.03. The number of rotatable bonds is 3. The van der Waals surface area contributed by atoms with Gasteiger partial charge in [-0.2, -0.15) is 0 Å². The van der Waals surface area contributed by atoms with E-state index in [1.807, 2.05) is 0 Å². The zero-order valence-corrected chi connectivity index (χ0v) is 10.9. The molecule has 100 valence electrons. The second kappa shape index (κ2) is 4.97. The number of thiophene rings is 1. The van der Waals surface area contributed by atoms with Crippen molar-refractivity contribution in [2.75, 3.05) is 5.73 Å². The number of carbonyl (C=O) groups is 1. The first-order valence-corrected chi connectivity index (χ1v) is 6.37. The molecule has 1 heterocycles. The van der Waals surface area contributed by atoms with E-state index in [0.717, 1.165) is 17.4 Å². The van der Waals surface area contributed by atoms with Gasteiger partial charge in [0, 0.05) is 10.4 Å². The zero-order chi connectivity index (χ0) is 14.2. The topological polar surface area (TPSA) is 63.3 Å². The van der Waals surface area contributed by atoms with Gasteiger partial charge in [-0.25, -0.2) is 13.6 Å². The maximum Gasteiger partial charge on any atom is 0.348 e. The number of nitrogen functional groups attached to an aromatic ring is 1. The minimum absolute atomic E-state index is 0.0426. The first kappa shape index (κ1) is 13.5. The molecule has 6 heteroatoms. The van der Waals surface area contributed by atoms with Crippen molar-refractivity contribution in [3.8, 4) is 10.4 Å². The van der Waals surface area contributed by atoms with Crippen LogP contribution in [0.2, 0.25) is 0 Å². The van der Waals surface area contributed by atoms with Crippen molar-refractivity contribution >= 4 is 23.0 Å². The van der Waals surface area contributed by atoms with Gasteiger partial charge in [0.05, 0.1) is 5.69 Å². The van der Waals surface area contributed by atoms with Gasteiger partial charge in [-0.1, -0.05) is 19.1 Å². The maximum absolute atomic E-state index is 13.8. The van der Waals surface area contributed by atoms with Crippen LogP contribution < -0.4 is 5.73 Å². The van der Waals surface area contributed by atoms with Gasteiger partial charge in [-0.3, -0.25) is 0 Å². The number of hydrogen-bond donors (Lipinski definition) is 2. The summed E-state index contributed by atoms with van der Waals surface area (Å²) in [6, 6.07) is 3.80. The van der Waals surface area contributed by atoms with Crippen molar-refractivity contribution in [3.63, 3.8) is 0 Å². The highest BCUT2D eigenvalue weighted by Gasteiger charge is 2.22. The van der Waals surface area contributed by atoms with Crippen LogP contribution in [0.1, 0.15) is 22.2 Å². The number of halogens is 2. The van der Waals surface area contributed by atoms with Crippen LogP contribution in [0.25, 0.3) is 10.4 Å². The second-order valence-electron chi connectivity index (χ2n) is 3.91. The first-order valence-electron chi connectivity index (χ1n) is 5.56. The minimum Gasteiger partial charge on any atom is -0.477 e. The van der Waals surface area contributed by atoms with E-state index in [4.69, 9.17) is 10.8 Å². The van der Waals surface area contributed by atoms with Crippen LogP contribution in [0.15, 0.2) is 18.2 Å². The molecule has 0 saturated heterocycles. The van der Waals surface area contributed by atoms with Crippen molar-refractivity contribution in [1.29, 1.82) is 0 Å². The third-order valence-corrected chi connectivity index (χ3v) is 4.06. The number of benzene rings is 1. The molecule has 2 aromatic rings. The molecule has 0 bridgehead atoms. The molecule has 3 N–H and O–H groups in total. The fourth-order valence-corrected chi connectivity index (χ4v) is 3.05. The molecule has 0 atom stereocenters. The van der Waals surface area contributed by atoms with E-state index in [9.17, 15) is 13.6 Å². The summed E-state index contributed by atoms with van der Waals surface area (Å²) in [5.74, 6) is -3.13. The van der Waals surface area contributed by atoms with E-state index >= 15 is 0 Å². The van der Waals surface area contributed by atoms with Crippen molar-refractivity contribution in [2.24, 2.45) is 0 Å². The predicted molar refractivity (Wildman–Crippen MR) is 70.4 cm³/mol. The van der Waals surface area contributed by atoms with Crippen LogP contribution in [0.3, 0.4) is 0 Å². The Balaban J connectivity index is 2.72. The number of hydrogen-bond acceptors (Lipinski definition) is 3. The van der Waals surface area contributed by atoms with E-state index in [2.05, 4.69) is 0 Å². The SMILES string of the molecule is CCc1c(-c2cccc(F)c2F)sc(C(=O)O)c1N. The van der Waals surface area contributed by atoms with Gasteiger partial charge >= 0.3 is 5.97 Å². The fraction of sp³-hybridized carbons (Fsp3) is 0.154.